The fourth-order valence-electron chi connectivity index (χ4n) is 2.37. The van der Waals surface area contributed by atoms with E-state index in [1.165, 1.54) is 32.1 Å². The second kappa shape index (κ2) is 6.83. The highest BCUT2D eigenvalue weighted by molar-refractivity contribution is 7.99. The van der Waals surface area contributed by atoms with E-state index in [9.17, 15) is 5.11 Å². The fourth-order valence-corrected chi connectivity index (χ4v) is 3.87. The lowest BCUT2D eigenvalue weighted by molar-refractivity contribution is 0.204. The highest BCUT2D eigenvalue weighted by atomic mass is 35.5. The number of benzene rings is 1. The van der Waals surface area contributed by atoms with Crippen LogP contribution in [0.4, 0.5) is 0 Å². The molecule has 1 unspecified atom stereocenters. The molecule has 0 aliphatic heterocycles. The van der Waals surface area contributed by atoms with Gasteiger partial charge in [-0.15, -0.1) is 0 Å². The Bertz CT molecular complexity index is 388. The minimum atomic E-state index is -0.393. The quantitative estimate of drug-likeness (QED) is 0.861. The van der Waals surface area contributed by atoms with E-state index in [1.807, 2.05) is 36.9 Å². The molecule has 0 bridgehead atoms. The van der Waals surface area contributed by atoms with E-state index in [-0.39, 0.29) is 0 Å². The molecule has 2 rings (SSSR count). The van der Waals surface area contributed by atoms with Crippen molar-refractivity contribution in [1.29, 1.82) is 0 Å². The molecule has 1 N–H and O–H groups in total. The predicted molar refractivity (Wildman–Crippen MR) is 80.5 cm³/mol. The minimum absolute atomic E-state index is 0.393. The molecule has 1 aliphatic rings. The molecule has 1 saturated carbocycles. The highest BCUT2D eigenvalue weighted by Crippen LogP contribution is 2.31. The van der Waals surface area contributed by atoms with E-state index < -0.39 is 6.10 Å². The summed E-state index contributed by atoms with van der Waals surface area (Å²) in [5.74, 6) is 0.782. The fraction of sp³-hybridized carbons (Fsp3) is 0.600. The van der Waals surface area contributed by atoms with Crippen LogP contribution in [0.25, 0.3) is 0 Å². The van der Waals surface area contributed by atoms with Gasteiger partial charge in [-0.2, -0.15) is 11.8 Å². The summed E-state index contributed by atoms with van der Waals surface area (Å²) in [6, 6.07) is 5.85. The minimum Gasteiger partial charge on any atom is -0.388 e. The molecule has 0 amide bonds. The number of hydrogen-bond donors (Lipinski definition) is 1. The van der Waals surface area contributed by atoms with E-state index in [1.54, 1.807) is 0 Å². The third kappa shape index (κ3) is 3.91. The Morgan fingerprint density at radius 2 is 2.06 bits per heavy atom. The number of hydrogen-bond acceptors (Lipinski definition) is 2. The molecule has 1 atom stereocenters. The van der Waals surface area contributed by atoms with Crippen LogP contribution < -0.4 is 0 Å². The Morgan fingerprint density at radius 1 is 1.33 bits per heavy atom. The number of aliphatic hydroxyl groups excluding tert-OH is 1. The van der Waals surface area contributed by atoms with E-state index in [2.05, 4.69) is 0 Å². The summed E-state index contributed by atoms with van der Waals surface area (Å²) >= 11 is 8.01. The van der Waals surface area contributed by atoms with E-state index in [0.29, 0.717) is 0 Å². The second-order valence-corrected chi connectivity index (χ2v) is 6.86. The first-order valence-corrected chi connectivity index (χ1v) is 8.15. The molecule has 0 radical (unpaired) electrons. The lowest BCUT2D eigenvalue weighted by atomic mass is 10.0. The van der Waals surface area contributed by atoms with Gasteiger partial charge in [-0.3, -0.25) is 0 Å². The van der Waals surface area contributed by atoms with Crippen LogP contribution in [-0.2, 0) is 0 Å². The number of aliphatic hydroxyl groups is 1. The summed E-state index contributed by atoms with van der Waals surface area (Å²) in [5.41, 5.74) is 2.00. The molecular formula is C15H21ClOS. The van der Waals surface area contributed by atoms with Crippen LogP contribution in [0.3, 0.4) is 0 Å². The smallest absolute Gasteiger partial charge is 0.0881 e. The van der Waals surface area contributed by atoms with Crippen LogP contribution in [0.15, 0.2) is 18.2 Å². The SMILES string of the molecule is Cc1ccc(C(O)CSC2CCCCC2)cc1Cl. The first kappa shape index (κ1) is 14.2. The van der Waals surface area contributed by atoms with Crippen LogP contribution in [0.5, 0.6) is 0 Å². The molecule has 3 heteroatoms. The van der Waals surface area contributed by atoms with E-state index in [4.69, 9.17) is 11.6 Å². The lowest BCUT2D eigenvalue weighted by Crippen LogP contribution is -2.11. The topological polar surface area (TPSA) is 20.2 Å². The van der Waals surface area contributed by atoms with Gasteiger partial charge in [0.1, 0.15) is 0 Å². The number of aryl methyl sites for hydroxylation is 1. The van der Waals surface area contributed by atoms with Crippen molar-refractivity contribution in [1.82, 2.24) is 0 Å². The zero-order valence-corrected chi connectivity index (χ0v) is 12.4. The maximum absolute atomic E-state index is 10.2. The molecule has 0 aromatic heterocycles. The first-order valence-electron chi connectivity index (χ1n) is 6.72. The van der Waals surface area contributed by atoms with Gasteiger partial charge in [0.15, 0.2) is 0 Å². The normalized spacial score (nSPS) is 18.8. The Morgan fingerprint density at radius 3 is 2.72 bits per heavy atom. The Labute approximate surface area is 119 Å². The lowest BCUT2D eigenvalue weighted by Gasteiger charge is -2.22. The zero-order chi connectivity index (χ0) is 13.0. The summed E-state index contributed by atoms with van der Waals surface area (Å²) < 4.78 is 0. The van der Waals surface area contributed by atoms with E-state index in [0.717, 1.165) is 27.2 Å². The third-order valence-corrected chi connectivity index (χ3v) is 5.48. The van der Waals surface area contributed by atoms with Crippen molar-refractivity contribution in [2.75, 3.05) is 5.75 Å². The van der Waals surface area contributed by atoms with Gasteiger partial charge in [0.25, 0.3) is 0 Å². The number of thioether (sulfide) groups is 1. The maximum atomic E-state index is 10.2. The second-order valence-electron chi connectivity index (χ2n) is 5.12. The van der Waals surface area contributed by atoms with Crippen molar-refractivity contribution in [3.8, 4) is 0 Å². The molecule has 100 valence electrons. The molecule has 1 aromatic rings. The van der Waals surface area contributed by atoms with Gasteiger partial charge in [0, 0.05) is 16.0 Å². The van der Waals surface area contributed by atoms with Crippen LogP contribution in [-0.4, -0.2) is 16.1 Å². The van der Waals surface area contributed by atoms with Crippen molar-refractivity contribution in [2.45, 2.75) is 50.4 Å². The molecule has 0 saturated heterocycles. The van der Waals surface area contributed by atoms with Gasteiger partial charge in [-0.25, -0.2) is 0 Å². The summed E-state index contributed by atoms with van der Waals surface area (Å²) in [7, 11) is 0. The average Bonchev–Trinajstić information content (AvgIpc) is 2.40. The molecule has 18 heavy (non-hydrogen) atoms. The van der Waals surface area contributed by atoms with Crippen molar-refractivity contribution < 1.29 is 5.11 Å². The van der Waals surface area contributed by atoms with Gasteiger partial charge < -0.3 is 5.11 Å². The predicted octanol–water partition coefficient (Wildman–Crippen LogP) is 4.75. The zero-order valence-electron chi connectivity index (χ0n) is 10.9. The molecule has 1 aliphatic carbocycles. The van der Waals surface area contributed by atoms with Crippen LogP contribution in [0.1, 0.15) is 49.3 Å². The molecule has 0 heterocycles. The van der Waals surface area contributed by atoms with Gasteiger partial charge in [0.2, 0.25) is 0 Å². The average molecular weight is 285 g/mol. The Hall–Kier alpha value is -0.180. The summed E-state index contributed by atoms with van der Waals surface area (Å²) in [4.78, 5) is 0. The van der Waals surface area contributed by atoms with Gasteiger partial charge >= 0.3 is 0 Å². The van der Waals surface area contributed by atoms with E-state index >= 15 is 0 Å². The standard InChI is InChI=1S/C15H21ClOS/c1-11-7-8-12(9-14(11)16)15(17)10-18-13-5-3-2-4-6-13/h7-9,13,15,17H,2-6,10H2,1H3. The number of halogens is 1. The summed E-state index contributed by atoms with van der Waals surface area (Å²) in [6.45, 7) is 1.98. The Balaban J connectivity index is 1.86. The van der Waals surface area contributed by atoms with Crippen LogP contribution in [0, 0.1) is 6.92 Å². The molecule has 1 fully saturated rings. The molecular weight excluding hydrogens is 264 g/mol. The van der Waals surface area contributed by atoms with Crippen LogP contribution in [0.2, 0.25) is 5.02 Å². The van der Waals surface area contributed by atoms with Gasteiger partial charge in [0.05, 0.1) is 6.10 Å². The monoisotopic (exact) mass is 284 g/mol. The third-order valence-electron chi connectivity index (χ3n) is 3.62. The largest absolute Gasteiger partial charge is 0.388 e. The summed E-state index contributed by atoms with van der Waals surface area (Å²) in [6.07, 6.45) is 6.31. The molecule has 1 nitrogen and oxygen atoms in total. The first-order chi connectivity index (χ1) is 8.66. The number of rotatable bonds is 4. The Kier molecular flexibility index (Phi) is 5.40. The van der Waals surface area contributed by atoms with Crippen molar-refractivity contribution in [3.63, 3.8) is 0 Å². The highest BCUT2D eigenvalue weighted by Gasteiger charge is 2.16. The summed E-state index contributed by atoms with van der Waals surface area (Å²) in [5, 5.41) is 11.7. The van der Waals surface area contributed by atoms with Gasteiger partial charge in [-0.05, 0) is 37.0 Å². The van der Waals surface area contributed by atoms with Crippen LogP contribution >= 0.6 is 23.4 Å². The van der Waals surface area contributed by atoms with Gasteiger partial charge in [-0.1, -0.05) is 43.0 Å². The molecule has 1 aromatic carbocycles. The van der Waals surface area contributed by atoms with Crippen molar-refractivity contribution in [2.24, 2.45) is 0 Å². The van der Waals surface area contributed by atoms with Crippen molar-refractivity contribution in [3.05, 3.63) is 34.3 Å². The van der Waals surface area contributed by atoms with Crippen molar-refractivity contribution >= 4 is 23.4 Å². The molecule has 0 spiro atoms. The maximum Gasteiger partial charge on any atom is 0.0881 e.